The van der Waals surface area contributed by atoms with Crippen molar-refractivity contribution < 1.29 is 17.9 Å². The molecule has 0 aromatic heterocycles. The van der Waals surface area contributed by atoms with Crippen LogP contribution in [-0.4, -0.2) is 39.4 Å². The molecule has 0 unspecified atom stereocenters. The van der Waals surface area contributed by atoms with Gasteiger partial charge in [0, 0.05) is 13.1 Å². The summed E-state index contributed by atoms with van der Waals surface area (Å²) in [6.45, 7) is 4.49. The molecule has 33 heavy (non-hydrogen) atoms. The normalized spacial score (nSPS) is 13.4. The Kier molecular flexibility index (Phi) is 6.42. The zero-order chi connectivity index (χ0) is 23.6. The molecule has 0 saturated carbocycles. The average Bonchev–Trinajstić information content (AvgIpc) is 2.82. The van der Waals surface area contributed by atoms with E-state index in [1.807, 2.05) is 38.1 Å². The summed E-state index contributed by atoms with van der Waals surface area (Å²) in [5.74, 6) is 0.150. The lowest BCUT2D eigenvalue weighted by atomic mass is 10.00. The van der Waals surface area contributed by atoms with Gasteiger partial charge in [0.15, 0.2) is 0 Å². The predicted molar refractivity (Wildman–Crippen MR) is 129 cm³/mol. The number of aryl methyl sites for hydroxylation is 2. The van der Waals surface area contributed by atoms with Crippen LogP contribution in [-0.2, 0) is 27.8 Å². The Morgan fingerprint density at radius 1 is 0.970 bits per heavy atom. The lowest BCUT2D eigenvalue weighted by molar-refractivity contribution is -0.130. The first-order valence-corrected chi connectivity index (χ1v) is 12.3. The molecule has 0 atom stereocenters. The first-order chi connectivity index (χ1) is 15.8. The summed E-state index contributed by atoms with van der Waals surface area (Å²) in [4.78, 5) is 15.2. The van der Waals surface area contributed by atoms with Crippen LogP contribution in [0.3, 0.4) is 0 Å². The smallest absolute Gasteiger partial charge is 0.264 e. The number of nitrogens with zero attached hydrogens (tertiary/aromatic N) is 2. The number of benzene rings is 3. The van der Waals surface area contributed by atoms with Gasteiger partial charge in [0.25, 0.3) is 10.0 Å². The summed E-state index contributed by atoms with van der Waals surface area (Å²) in [5, 5.41) is 0. The number of methoxy groups -OCH3 is 1. The van der Waals surface area contributed by atoms with Crippen LogP contribution in [0.2, 0.25) is 0 Å². The van der Waals surface area contributed by atoms with Gasteiger partial charge in [0.05, 0.1) is 17.7 Å². The molecule has 0 bridgehead atoms. The van der Waals surface area contributed by atoms with Crippen LogP contribution in [0.15, 0.2) is 71.6 Å². The molecule has 0 fully saturated rings. The van der Waals surface area contributed by atoms with E-state index in [0.29, 0.717) is 24.5 Å². The monoisotopic (exact) mass is 464 g/mol. The van der Waals surface area contributed by atoms with E-state index < -0.39 is 10.0 Å². The van der Waals surface area contributed by atoms with Crippen LogP contribution < -0.4 is 9.04 Å². The van der Waals surface area contributed by atoms with Crippen LogP contribution in [0.4, 0.5) is 5.69 Å². The van der Waals surface area contributed by atoms with E-state index >= 15 is 0 Å². The molecule has 0 N–H and O–H groups in total. The SMILES string of the molecule is COc1ccc(C)cc1N(CC(=O)N1CCc2ccccc2C1)S(=O)(=O)c1ccc(C)cc1. The Bertz CT molecular complexity index is 1270. The first-order valence-electron chi connectivity index (χ1n) is 10.9. The highest BCUT2D eigenvalue weighted by Crippen LogP contribution is 2.34. The molecule has 0 radical (unpaired) electrons. The van der Waals surface area contributed by atoms with E-state index in [2.05, 4.69) is 6.07 Å². The predicted octanol–water partition coefficient (Wildman–Crippen LogP) is 4.09. The quantitative estimate of drug-likeness (QED) is 0.551. The molecule has 0 spiro atoms. The lowest BCUT2D eigenvalue weighted by Crippen LogP contribution is -2.45. The van der Waals surface area contributed by atoms with Crippen molar-refractivity contribution in [2.45, 2.75) is 31.7 Å². The molecular weight excluding hydrogens is 436 g/mol. The van der Waals surface area contributed by atoms with Crippen LogP contribution in [0.1, 0.15) is 22.3 Å². The van der Waals surface area contributed by atoms with Gasteiger partial charge in [-0.2, -0.15) is 0 Å². The maximum absolute atomic E-state index is 13.7. The molecule has 6 nitrogen and oxygen atoms in total. The maximum atomic E-state index is 13.7. The Hall–Kier alpha value is -3.32. The third kappa shape index (κ3) is 4.73. The molecule has 1 amide bonds. The van der Waals surface area contributed by atoms with Crippen molar-refractivity contribution in [3.05, 3.63) is 89.0 Å². The van der Waals surface area contributed by atoms with Gasteiger partial charge in [-0.3, -0.25) is 9.10 Å². The van der Waals surface area contributed by atoms with Gasteiger partial charge in [-0.1, -0.05) is 48.0 Å². The van der Waals surface area contributed by atoms with Crippen LogP contribution in [0.25, 0.3) is 0 Å². The zero-order valence-corrected chi connectivity index (χ0v) is 19.9. The van der Waals surface area contributed by atoms with Gasteiger partial charge in [-0.25, -0.2) is 8.42 Å². The first kappa shape index (κ1) is 22.9. The van der Waals surface area contributed by atoms with Crippen LogP contribution in [0.5, 0.6) is 5.75 Å². The summed E-state index contributed by atoms with van der Waals surface area (Å²) in [5.41, 5.74) is 4.50. The molecule has 4 rings (SSSR count). The van der Waals surface area contributed by atoms with E-state index in [0.717, 1.165) is 23.1 Å². The standard InChI is InChI=1S/C26H28N2O4S/c1-19-8-11-23(12-9-19)33(30,31)28(24-16-20(2)10-13-25(24)32-3)18-26(29)27-15-14-21-6-4-5-7-22(21)17-27/h4-13,16H,14-15,17-18H2,1-3H3. The zero-order valence-electron chi connectivity index (χ0n) is 19.1. The number of fused-ring (bicyclic) bond motifs is 1. The van der Waals surface area contributed by atoms with Gasteiger partial charge in [0.2, 0.25) is 5.91 Å². The number of hydrogen-bond donors (Lipinski definition) is 0. The summed E-state index contributed by atoms with van der Waals surface area (Å²) < 4.78 is 34.1. The highest BCUT2D eigenvalue weighted by Gasteiger charge is 2.32. The second-order valence-corrected chi connectivity index (χ2v) is 10.2. The second kappa shape index (κ2) is 9.27. The molecule has 172 valence electrons. The topological polar surface area (TPSA) is 66.9 Å². The summed E-state index contributed by atoms with van der Waals surface area (Å²) in [6, 6.07) is 20.0. The van der Waals surface area contributed by atoms with Crippen molar-refractivity contribution in [3.63, 3.8) is 0 Å². The Labute approximate surface area is 195 Å². The highest BCUT2D eigenvalue weighted by molar-refractivity contribution is 7.92. The van der Waals surface area contributed by atoms with Crippen molar-refractivity contribution in [2.75, 3.05) is 24.5 Å². The maximum Gasteiger partial charge on any atom is 0.264 e. The Balaban J connectivity index is 1.71. The van der Waals surface area contributed by atoms with E-state index in [9.17, 15) is 13.2 Å². The number of hydrogen-bond acceptors (Lipinski definition) is 4. The lowest BCUT2D eigenvalue weighted by Gasteiger charge is -2.32. The minimum atomic E-state index is -4.01. The third-order valence-corrected chi connectivity index (χ3v) is 7.75. The molecule has 3 aromatic rings. The number of carbonyl (C=O) groups is 1. The van der Waals surface area contributed by atoms with E-state index in [1.165, 1.54) is 17.0 Å². The third-order valence-electron chi connectivity index (χ3n) is 5.97. The number of sulfonamides is 1. The van der Waals surface area contributed by atoms with Crippen molar-refractivity contribution in [1.29, 1.82) is 0 Å². The van der Waals surface area contributed by atoms with Crippen molar-refractivity contribution in [3.8, 4) is 5.75 Å². The number of rotatable bonds is 6. The van der Waals surface area contributed by atoms with Gasteiger partial charge in [0.1, 0.15) is 12.3 Å². The summed E-state index contributed by atoms with van der Waals surface area (Å²) >= 11 is 0. The molecule has 1 heterocycles. The van der Waals surface area contributed by atoms with Crippen LogP contribution in [0, 0.1) is 13.8 Å². The second-order valence-electron chi connectivity index (χ2n) is 8.33. The van der Waals surface area contributed by atoms with Gasteiger partial charge in [-0.15, -0.1) is 0 Å². The van der Waals surface area contributed by atoms with Crippen molar-refractivity contribution in [1.82, 2.24) is 4.90 Å². The van der Waals surface area contributed by atoms with Crippen molar-refractivity contribution >= 4 is 21.6 Å². The van der Waals surface area contributed by atoms with Gasteiger partial charge < -0.3 is 9.64 Å². The molecule has 1 aliphatic rings. The Morgan fingerprint density at radius 2 is 1.64 bits per heavy atom. The van der Waals surface area contributed by atoms with E-state index in [4.69, 9.17) is 4.74 Å². The van der Waals surface area contributed by atoms with E-state index in [1.54, 1.807) is 41.3 Å². The van der Waals surface area contributed by atoms with Gasteiger partial charge in [-0.05, 0) is 61.2 Å². The molecular formula is C26H28N2O4S. The fourth-order valence-electron chi connectivity index (χ4n) is 4.06. The average molecular weight is 465 g/mol. The number of ether oxygens (including phenoxy) is 1. The largest absolute Gasteiger partial charge is 0.495 e. The number of anilines is 1. The summed E-state index contributed by atoms with van der Waals surface area (Å²) in [7, 11) is -2.51. The Morgan fingerprint density at radius 3 is 2.33 bits per heavy atom. The molecule has 0 aliphatic carbocycles. The highest BCUT2D eigenvalue weighted by atomic mass is 32.2. The molecule has 7 heteroatoms. The molecule has 1 aliphatic heterocycles. The van der Waals surface area contributed by atoms with Crippen molar-refractivity contribution in [2.24, 2.45) is 0 Å². The fraction of sp³-hybridized carbons (Fsp3) is 0.269. The molecule has 3 aromatic carbocycles. The van der Waals surface area contributed by atoms with Gasteiger partial charge >= 0.3 is 0 Å². The fourth-order valence-corrected chi connectivity index (χ4v) is 5.48. The number of amides is 1. The van der Waals surface area contributed by atoms with E-state index in [-0.39, 0.29) is 17.3 Å². The minimum Gasteiger partial charge on any atom is -0.495 e. The summed E-state index contributed by atoms with van der Waals surface area (Å²) in [6.07, 6.45) is 0.750. The van der Waals surface area contributed by atoms with Crippen LogP contribution >= 0.6 is 0 Å². The minimum absolute atomic E-state index is 0.133. The molecule has 0 saturated heterocycles. The number of carbonyl (C=O) groups excluding carboxylic acids is 1.